The quantitative estimate of drug-likeness (QED) is 0.100. The average Bonchev–Trinajstić information content (AvgIpc) is 3.36. The molecule has 1 N–H and O–H groups in total. The SMILES string of the molecule is CCCCCCCCCCCCCCOc1c(C(C)=O)cccc1C(=O)Nc1ccccc1C[n+]1csc(C)c1.[Br-]. The van der Waals surface area contributed by atoms with Crippen molar-refractivity contribution < 1.29 is 35.9 Å². The molecular formula is C34H47BrN2O3S. The zero-order chi connectivity index (χ0) is 28.6. The summed E-state index contributed by atoms with van der Waals surface area (Å²) in [5.41, 5.74) is 4.68. The normalized spacial score (nSPS) is 10.7. The molecule has 1 heterocycles. The molecule has 0 aliphatic rings. The maximum atomic E-state index is 13.4. The van der Waals surface area contributed by atoms with Crippen LogP contribution in [0.5, 0.6) is 5.75 Å². The summed E-state index contributed by atoms with van der Waals surface area (Å²) in [6.45, 7) is 7.01. The van der Waals surface area contributed by atoms with Gasteiger partial charge in [0.25, 0.3) is 5.91 Å². The van der Waals surface area contributed by atoms with Crippen LogP contribution in [0, 0.1) is 6.92 Å². The Balaban J connectivity index is 0.00000588. The third kappa shape index (κ3) is 12.1. The van der Waals surface area contributed by atoms with Crippen molar-refractivity contribution in [2.75, 3.05) is 11.9 Å². The van der Waals surface area contributed by atoms with Gasteiger partial charge in [-0.25, -0.2) is 0 Å². The number of para-hydroxylation sites is 2. The van der Waals surface area contributed by atoms with Gasteiger partial charge in [-0.3, -0.25) is 9.59 Å². The van der Waals surface area contributed by atoms with Crippen LogP contribution in [0.3, 0.4) is 0 Å². The number of aromatic nitrogens is 1. The fourth-order valence-corrected chi connectivity index (χ4v) is 5.59. The van der Waals surface area contributed by atoms with E-state index in [1.54, 1.807) is 29.5 Å². The Kier molecular flexibility index (Phi) is 16.6. The molecule has 0 aliphatic heterocycles. The molecule has 224 valence electrons. The topological polar surface area (TPSA) is 59.3 Å². The molecule has 0 fully saturated rings. The highest BCUT2D eigenvalue weighted by Gasteiger charge is 2.20. The minimum absolute atomic E-state index is 0. The number of ketones is 1. The predicted molar refractivity (Wildman–Crippen MR) is 166 cm³/mol. The van der Waals surface area contributed by atoms with Crippen molar-refractivity contribution in [3.63, 3.8) is 0 Å². The van der Waals surface area contributed by atoms with E-state index in [9.17, 15) is 9.59 Å². The summed E-state index contributed by atoms with van der Waals surface area (Å²) in [6.07, 6.45) is 17.4. The average molecular weight is 644 g/mol. The molecule has 0 spiro atoms. The number of rotatable bonds is 19. The van der Waals surface area contributed by atoms with Gasteiger partial charge in [0.2, 0.25) is 5.51 Å². The molecule has 3 rings (SSSR count). The summed E-state index contributed by atoms with van der Waals surface area (Å²) in [5.74, 6) is 0.00611. The first-order chi connectivity index (χ1) is 19.5. The molecule has 1 aromatic heterocycles. The second-order valence-corrected chi connectivity index (χ2v) is 11.8. The largest absolute Gasteiger partial charge is 1.00 e. The second-order valence-electron chi connectivity index (χ2n) is 10.7. The van der Waals surface area contributed by atoms with Gasteiger partial charge in [0.15, 0.2) is 18.5 Å². The maximum absolute atomic E-state index is 13.4. The number of benzene rings is 2. The minimum atomic E-state index is -0.272. The molecule has 7 heteroatoms. The molecule has 0 unspecified atom stereocenters. The van der Waals surface area contributed by atoms with Crippen LogP contribution in [0.1, 0.15) is 122 Å². The summed E-state index contributed by atoms with van der Waals surface area (Å²) in [6, 6.07) is 13.0. The Labute approximate surface area is 261 Å². The number of amides is 1. The Morgan fingerprint density at radius 1 is 0.829 bits per heavy atom. The summed E-state index contributed by atoms with van der Waals surface area (Å²) in [7, 11) is 0. The number of halogens is 1. The highest BCUT2D eigenvalue weighted by molar-refractivity contribution is 7.09. The molecule has 0 bridgehead atoms. The van der Waals surface area contributed by atoms with Crippen LogP contribution in [-0.4, -0.2) is 18.3 Å². The highest BCUT2D eigenvalue weighted by Crippen LogP contribution is 2.27. The van der Waals surface area contributed by atoms with Crippen molar-refractivity contribution >= 4 is 28.7 Å². The Bertz CT molecular complexity index is 1210. The standard InChI is InChI=1S/C34H46N2O3S.BrH/c1-4-5-6-7-8-9-10-11-12-13-14-17-23-39-33-30(28(3)37)20-18-21-31(33)34(38)35-32-22-16-15-19-29(32)25-36-24-27(2)40-26-36;/h15-16,18-22,24,26H,4-14,17,23,25H2,1-3H3;1H. The fourth-order valence-electron chi connectivity index (χ4n) is 4.96. The summed E-state index contributed by atoms with van der Waals surface area (Å²) >= 11 is 1.69. The zero-order valence-electron chi connectivity index (χ0n) is 25.1. The molecule has 2 aromatic carbocycles. The first-order valence-corrected chi connectivity index (χ1v) is 16.0. The van der Waals surface area contributed by atoms with Crippen molar-refractivity contribution in [1.29, 1.82) is 0 Å². The lowest BCUT2D eigenvalue weighted by Crippen LogP contribution is -3.00. The van der Waals surface area contributed by atoms with Gasteiger partial charge in [-0.05, 0) is 38.5 Å². The van der Waals surface area contributed by atoms with Crippen molar-refractivity contribution in [2.24, 2.45) is 0 Å². The first kappa shape index (κ1) is 34.7. The Morgan fingerprint density at radius 2 is 1.44 bits per heavy atom. The molecule has 0 saturated carbocycles. The lowest BCUT2D eigenvalue weighted by Gasteiger charge is -2.15. The number of carbonyl (C=O) groups is 2. The van der Waals surface area contributed by atoms with E-state index in [-0.39, 0.29) is 28.7 Å². The van der Waals surface area contributed by atoms with Crippen LogP contribution in [0.4, 0.5) is 5.69 Å². The molecule has 0 aliphatic carbocycles. The van der Waals surface area contributed by atoms with Crippen molar-refractivity contribution in [3.8, 4) is 5.75 Å². The number of hydrogen-bond donors (Lipinski definition) is 1. The molecule has 1 amide bonds. The molecule has 0 saturated heterocycles. The van der Waals surface area contributed by atoms with Crippen LogP contribution in [-0.2, 0) is 6.54 Å². The van der Waals surface area contributed by atoms with E-state index in [1.807, 2.05) is 24.3 Å². The Hall–Kier alpha value is -2.51. The third-order valence-electron chi connectivity index (χ3n) is 7.22. The van der Waals surface area contributed by atoms with Crippen molar-refractivity contribution in [3.05, 3.63) is 75.7 Å². The zero-order valence-corrected chi connectivity index (χ0v) is 27.5. The minimum Gasteiger partial charge on any atom is -1.00 e. The Morgan fingerprint density at radius 3 is 2.05 bits per heavy atom. The summed E-state index contributed by atoms with van der Waals surface area (Å²) < 4.78 is 8.24. The second kappa shape index (κ2) is 19.6. The van der Waals surface area contributed by atoms with E-state index in [0.29, 0.717) is 30.0 Å². The van der Waals surface area contributed by atoms with E-state index in [0.717, 1.165) is 24.1 Å². The first-order valence-electron chi connectivity index (χ1n) is 15.1. The molecule has 41 heavy (non-hydrogen) atoms. The number of nitrogens with one attached hydrogen (secondary N) is 1. The number of unbranched alkanes of at least 4 members (excludes halogenated alkanes) is 11. The van der Waals surface area contributed by atoms with Crippen molar-refractivity contribution in [2.45, 2.75) is 104 Å². The van der Waals surface area contributed by atoms with Crippen LogP contribution >= 0.6 is 11.3 Å². The van der Waals surface area contributed by atoms with E-state index < -0.39 is 0 Å². The number of aryl methyl sites for hydroxylation is 1. The smallest absolute Gasteiger partial charge is 0.259 e. The van der Waals surface area contributed by atoms with Gasteiger partial charge in [-0.15, -0.1) is 0 Å². The fraction of sp³-hybridized carbons (Fsp3) is 0.500. The van der Waals surface area contributed by atoms with E-state index in [4.69, 9.17) is 4.74 Å². The lowest BCUT2D eigenvalue weighted by atomic mass is 10.0. The van der Waals surface area contributed by atoms with Gasteiger partial charge < -0.3 is 27.0 Å². The van der Waals surface area contributed by atoms with Gasteiger partial charge in [0, 0.05) is 5.56 Å². The molecule has 0 atom stereocenters. The van der Waals surface area contributed by atoms with Crippen LogP contribution in [0.2, 0.25) is 0 Å². The monoisotopic (exact) mass is 642 g/mol. The van der Waals surface area contributed by atoms with Gasteiger partial charge in [-0.1, -0.05) is 113 Å². The molecular weight excluding hydrogens is 596 g/mol. The lowest BCUT2D eigenvalue weighted by molar-refractivity contribution is -0.683. The molecule has 0 radical (unpaired) electrons. The van der Waals surface area contributed by atoms with E-state index in [1.165, 1.54) is 76.0 Å². The van der Waals surface area contributed by atoms with Crippen LogP contribution < -0.4 is 31.6 Å². The van der Waals surface area contributed by atoms with Gasteiger partial charge in [-0.2, -0.15) is 4.57 Å². The highest BCUT2D eigenvalue weighted by atomic mass is 79.9. The van der Waals surface area contributed by atoms with Gasteiger partial charge in [0.05, 0.1) is 28.3 Å². The summed E-state index contributed by atoms with van der Waals surface area (Å²) in [5, 5.41) is 3.07. The number of nitrogens with zero attached hydrogens (tertiary/aromatic N) is 1. The maximum Gasteiger partial charge on any atom is 0.259 e. The number of thiazole rings is 1. The van der Waals surface area contributed by atoms with E-state index in [2.05, 4.69) is 35.4 Å². The van der Waals surface area contributed by atoms with Crippen LogP contribution in [0.15, 0.2) is 54.2 Å². The molecule has 5 nitrogen and oxygen atoms in total. The van der Waals surface area contributed by atoms with Crippen molar-refractivity contribution in [1.82, 2.24) is 0 Å². The summed E-state index contributed by atoms with van der Waals surface area (Å²) in [4.78, 5) is 27.1. The van der Waals surface area contributed by atoms with Gasteiger partial charge >= 0.3 is 0 Å². The third-order valence-corrected chi connectivity index (χ3v) is 8.08. The number of ether oxygens (including phenoxy) is 1. The van der Waals surface area contributed by atoms with Crippen LogP contribution in [0.25, 0.3) is 0 Å². The predicted octanol–water partition coefficient (Wildman–Crippen LogP) is 5.93. The van der Waals surface area contributed by atoms with E-state index >= 15 is 0 Å². The number of anilines is 1. The number of hydrogen-bond acceptors (Lipinski definition) is 4. The number of Topliss-reactive ketones (excluding diaryl/α,β-unsaturated/α-hetero) is 1. The molecule has 3 aromatic rings. The number of carbonyl (C=O) groups excluding carboxylic acids is 2. The van der Waals surface area contributed by atoms with Gasteiger partial charge in [0.1, 0.15) is 5.75 Å².